The fourth-order valence-corrected chi connectivity index (χ4v) is 0. The summed E-state index contributed by atoms with van der Waals surface area (Å²) in [5.41, 5.74) is 0.130. The Bertz CT molecular complexity index is 172. The topological polar surface area (TPSA) is 80.3 Å². The second kappa shape index (κ2) is 9.28. The molecule has 0 aromatic rings. The van der Waals surface area contributed by atoms with Gasteiger partial charge in [-0.3, -0.25) is 0 Å². The molecule has 0 bridgehead atoms. The van der Waals surface area contributed by atoms with E-state index in [1.165, 1.54) is 13.8 Å². The van der Waals surface area contributed by atoms with Gasteiger partial charge in [0.05, 0.1) is 11.9 Å². The van der Waals surface area contributed by atoms with Crippen molar-refractivity contribution in [3.8, 4) is 0 Å². The Balaban J connectivity index is -0.000000143. The summed E-state index contributed by atoms with van der Waals surface area (Å²) in [6, 6.07) is 0. The predicted molar refractivity (Wildman–Crippen MR) is 45.4 cm³/mol. The van der Waals surface area contributed by atoms with Crippen molar-refractivity contribution < 1.29 is 19.8 Å². The first-order valence-electron chi connectivity index (χ1n) is 3.02. The second-order valence-corrected chi connectivity index (χ2v) is 2.14. The number of carbonyl (C=O) groups excluding carboxylic acids is 2. The van der Waals surface area contributed by atoms with Crippen molar-refractivity contribution in [2.75, 3.05) is 0 Å². The number of hydrogen-bond acceptors (Lipinski definition) is 4. The molecule has 0 aromatic carbocycles. The quantitative estimate of drug-likeness (QED) is 0.385. The zero-order chi connectivity index (χ0) is 10.3. The third-order valence-corrected chi connectivity index (χ3v) is 0.697. The van der Waals surface area contributed by atoms with Gasteiger partial charge in [-0.15, -0.1) is 0 Å². The van der Waals surface area contributed by atoms with Crippen LogP contribution in [0.5, 0.6) is 0 Å². The zero-order valence-corrected chi connectivity index (χ0v) is 9.17. The minimum atomic E-state index is -1.19. The second-order valence-electron chi connectivity index (χ2n) is 2.14. The SMILES string of the molecule is C=C(C)C(=O)[O-].C=C(C)C(=O)[O-].[Mg+2]. The smallest absolute Gasteiger partial charge is 0.545 e. The Morgan fingerprint density at radius 3 is 1.00 bits per heavy atom. The molecule has 0 atom stereocenters. The number of rotatable bonds is 2. The molecule has 68 valence electrons. The van der Waals surface area contributed by atoms with Crippen LogP contribution in [0, 0.1) is 0 Å². The average Bonchev–Trinajstić information content (AvgIpc) is 1.88. The Labute approximate surface area is 93.1 Å². The van der Waals surface area contributed by atoms with Gasteiger partial charge >= 0.3 is 23.1 Å². The van der Waals surface area contributed by atoms with E-state index in [0.29, 0.717) is 0 Å². The number of carboxylic acids is 2. The van der Waals surface area contributed by atoms with Crippen LogP contribution in [-0.4, -0.2) is 35.0 Å². The maximum atomic E-state index is 9.49. The van der Waals surface area contributed by atoms with E-state index in [9.17, 15) is 19.8 Å². The standard InChI is InChI=1S/2C4H6O2.Mg/c2*1-3(2)4(5)6;/h2*1H2,2H3,(H,5,6);/q;;+2/p-2. The first kappa shape index (κ1) is 18.1. The van der Waals surface area contributed by atoms with E-state index in [1.54, 1.807) is 0 Å². The molecule has 0 fully saturated rings. The summed E-state index contributed by atoms with van der Waals surface area (Å²) in [5.74, 6) is -2.37. The van der Waals surface area contributed by atoms with Crippen LogP contribution < -0.4 is 10.2 Å². The minimum absolute atomic E-state index is 0. The molecule has 0 heterocycles. The number of carboxylic acid groups (broad SMARTS) is 2. The van der Waals surface area contributed by atoms with Gasteiger partial charge < -0.3 is 19.8 Å². The van der Waals surface area contributed by atoms with Gasteiger partial charge in [-0.25, -0.2) is 0 Å². The molecule has 0 saturated carbocycles. The fraction of sp³-hybridized carbons (Fsp3) is 0.250. The summed E-state index contributed by atoms with van der Waals surface area (Å²) in [6.45, 7) is 8.95. The van der Waals surface area contributed by atoms with Crippen molar-refractivity contribution in [2.24, 2.45) is 0 Å². The van der Waals surface area contributed by atoms with E-state index >= 15 is 0 Å². The molecule has 0 rings (SSSR count). The molecule has 0 radical (unpaired) electrons. The summed E-state index contributed by atoms with van der Waals surface area (Å²) in [5, 5.41) is 19.0. The summed E-state index contributed by atoms with van der Waals surface area (Å²) in [4.78, 5) is 19.0. The van der Waals surface area contributed by atoms with Crippen molar-refractivity contribution in [2.45, 2.75) is 13.8 Å². The third kappa shape index (κ3) is 18.3. The van der Waals surface area contributed by atoms with Crippen LogP contribution in [0.3, 0.4) is 0 Å². The molecule has 0 spiro atoms. The van der Waals surface area contributed by atoms with Crippen LogP contribution in [-0.2, 0) is 9.59 Å². The number of aliphatic carboxylic acids is 2. The van der Waals surface area contributed by atoms with Gasteiger partial charge in [0.15, 0.2) is 0 Å². The van der Waals surface area contributed by atoms with Gasteiger partial charge in [0.1, 0.15) is 0 Å². The van der Waals surface area contributed by atoms with Crippen molar-refractivity contribution in [1.29, 1.82) is 0 Å². The van der Waals surface area contributed by atoms with E-state index in [1.807, 2.05) is 0 Å². The van der Waals surface area contributed by atoms with Gasteiger partial charge in [-0.2, -0.15) is 0 Å². The van der Waals surface area contributed by atoms with Crippen molar-refractivity contribution >= 4 is 35.0 Å². The average molecular weight is 194 g/mol. The van der Waals surface area contributed by atoms with E-state index in [-0.39, 0.29) is 34.2 Å². The zero-order valence-electron chi connectivity index (χ0n) is 7.75. The molecule has 0 amide bonds. The molecule has 0 aliphatic rings. The number of carbonyl (C=O) groups is 2. The summed E-state index contributed by atoms with van der Waals surface area (Å²) in [6.07, 6.45) is 0. The molecule has 0 aromatic heterocycles. The Kier molecular flexibility index (Phi) is 12.9. The Hall–Kier alpha value is -0.814. The first-order valence-corrected chi connectivity index (χ1v) is 3.02. The summed E-state index contributed by atoms with van der Waals surface area (Å²) < 4.78 is 0. The molecule has 4 nitrogen and oxygen atoms in total. The van der Waals surface area contributed by atoms with Gasteiger partial charge in [-0.05, 0) is 25.0 Å². The van der Waals surface area contributed by atoms with Crippen LogP contribution in [0.15, 0.2) is 24.3 Å². The van der Waals surface area contributed by atoms with Gasteiger partial charge in [0, 0.05) is 0 Å². The molecular formula is C8H10MgO4. The molecule has 0 saturated heterocycles. The van der Waals surface area contributed by atoms with Gasteiger partial charge in [0.2, 0.25) is 0 Å². The Morgan fingerprint density at radius 2 is 1.00 bits per heavy atom. The largest absolute Gasteiger partial charge is 2.00 e. The minimum Gasteiger partial charge on any atom is -0.545 e. The predicted octanol–water partition coefficient (Wildman–Crippen LogP) is -1.76. The van der Waals surface area contributed by atoms with Crippen LogP contribution >= 0.6 is 0 Å². The third-order valence-electron chi connectivity index (χ3n) is 0.697. The molecule has 13 heavy (non-hydrogen) atoms. The Morgan fingerprint density at radius 1 is 0.923 bits per heavy atom. The van der Waals surface area contributed by atoms with Crippen molar-refractivity contribution in [1.82, 2.24) is 0 Å². The van der Waals surface area contributed by atoms with Crippen molar-refractivity contribution in [3.63, 3.8) is 0 Å². The first-order chi connectivity index (χ1) is 5.29. The van der Waals surface area contributed by atoms with Crippen LogP contribution in [0.2, 0.25) is 0 Å². The fourth-order valence-electron chi connectivity index (χ4n) is 0. The molecule has 0 N–H and O–H groups in total. The maximum Gasteiger partial charge on any atom is 2.00 e. The molecule has 5 heteroatoms. The van der Waals surface area contributed by atoms with Crippen molar-refractivity contribution in [3.05, 3.63) is 24.3 Å². The van der Waals surface area contributed by atoms with E-state index in [4.69, 9.17) is 0 Å². The van der Waals surface area contributed by atoms with Gasteiger partial charge in [0.25, 0.3) is 0 Å². The monoisotopic (exact) mass is 194 g/mol. The van der Waals surface area contributed by atoms with Gasteiger partial charge in [-0.1, -0.05) is 13.2 Å². The van der Waals surface area contributed by atoms with E-state index in [0.717, 1.165) is 0 Å². The van der Waals surface area contributed by atoms with E-state index in [2.05, 4.69) is 13.2 Å². The molecular weight excluding hydrogens is 184 g/mol. The molecule has 0 aliphatic carbocycles. The van der Waals surface area contributed by atoms with E-state index < -0.39 is 11.9 Å². The molecule has 0 aliphatic heterocycles. The molecule has 0 unspecified atom stereocenters. The summed E-state index contributed by atoms with van der Waals surface area (Å²) in [7, 11) is 0. The summed E-state index contributed by atoms with van der Waals surface area (Å²) >= 11 is 0. The van der Waals surface area contributed by atoms with Crippen LogP contribution in [0.25, 0.3) is 0 Å². The normalized spacial score (nSPS) is 6.92. The number of hydrogen-bond donors (Lipinski definition) is 0. The van der Waals surface area contributed by atoms with Crippen LogP contribution in [0.4, 0.5) is 0 Å². The maximum absolute atomic E-state index is 9.49. The van der Waals surface area contributed by atoms with Crippen LogP contribution in [0.1, 0.15) is 13.8 Å².